The van der Waals surface area contributed by atoms with Gasteiger partial charge in [0.05, 0.1) is 43.4 Å². The molecule has 1 fully saturated rings. The van der Waals surface area contributed by atoms with Crippen LogP contribution in [0.1, 0.15) is 10.4 Å². The third-order valence-corrected chi connectivity index (χ3v) is 2.56. The molecule has 18 heavy (non-hydrogen) atoms. The predicted octanol–water partition coefficient (Wildman–Crippen LogP) is 0.189. The van der Waals surface area contributed by atoms with Crippen LogP contribution in [0.15, 0.2) is 12.3 Å². The molecule has 0 spiro atoms. The number of carboxylic acid groups (broad SMARTS) is 1. The molecular formula is C11H15N3O4. The Morgan fingerprint density at radius 2 is 2.44 bits per heavy atom. The summed E-state index contributed by atoms with van der Waals surface area (Å²) in [6.07, 6.45) is 1.27. The number of nitrogen functional groups attached to an aromatic ring is 1. The van der Waals surface area contributed by atoms with Crippen molar-refractivity contribution in [2.24, 2.45) is 0 Å². The van der Waals surface area contributed by atoms with Gasteiger partial charge in [-0.05, 0) is 6.07 Å². The fraction of sp³-hybridized carbons (Fsp3) is 0.455. The van der Waals surface area contributed by atoms with Crippen LogP contribution in [0.25, 0.3) is 0 Å². The van der Waals surface area contributed by atoms with E-state index in [1.807, 2.05) is 0 Å². The highest BCUT2D eigenvalue weighted by Gasteiger charge is 2.15. The van der Waals surface area contributed by atoms with E-state index in [9.17, 15) is 4.79 Å². The zero-order valence-electron chi connectivity index (χ0n) is 9.76. The van der Waals surface area contributed by atoms with Gasteiger partial charge in [-0.3, -0.25) is 0 Å². The van der Waals surface area contributed by atoms with Gasteiger partial charge in [0.25, 0.3) is 0 Å². The number of nitrogens with two attached hydrogens (primary N) is 1. The van der Waals surface area contributed by atoms with Gasteiger partial charge in [-0.15, -0.1) is 0 Å². The average molecular weight is 253 g/mol. The van der Waals surface area contributed by atoms with Crippen LogP contribution < -0.4 is 11.1 Å². The van der Waals surface area contributed by atoms with Crippen LogP contribution in [-0.2, 0) is 9.47 Å². The standard InChI is InChI=1S/C11H15N3O4/c12-9-5-14-10(3-8(9)11(15)16)13-4-7-6-17-1-2-18-7/h3,5,7H,1-2,4,6,12H2,(H,13,14)(H,15,16). The summed E-state index contributed by atoms with van der Waals surface area (Å²) in [5.74, 6) is -0.619. The number of carboxylic acids is 1. The smallest absolute Gasteiger partial charge is 0.337 e. The van der Waals surface area contributed by atoms with Crippen molar-refractivity contribution in [2.45, 2.75) is 6.10 Å². The molecule has 4 N–H and O–H groups in total. The maximum atomic E-state index is 10.9. The molecule has 1 aliphatic rings. The quantitative estimate of drug-likeness (QED) is 0.703. The Bertz CT molecular complexity index is 432. The monoisotopic (exact) mass is 253 g/mol. The number of ether oxygens (including phenoxy) is 2. The van der Waals surface area contributed by atoms with Crippen LogP contribution in [0.5, 0.6) is 0 Å². The van der Waals surface area contributed by atoms with Gasteiger partial charge in [0.1, 0.15) is 5.82 Å². The second-order valence-electron chi connectivity index (χ2n) is 3.91. The number of aromatic carboxylic acids is 1. The van der Waals surface area contributed by atoms with Gasteiger partial charge in [0.2, 0.25) is 0 Å². The first kappa shape index (κ1) is 12.6. The van der Waals surface area contributed by atoms with E-state index < -0.39 is 5.97 Å². The molecule has 2 rings (SSSR count). The largest absolute Gasteiger partial charge is 0.478 e. The van der Waals surface area contributed by atoms with Crippen molar-refractivity contribution in [1.82, 2.24) is 4.98 Å². The molecule has 1 atom stereocenters. The Kier molecular flexibility index (Phi) is 3.96. The summed E-state index contributed by atoms with van der Waals surface area (Å²) in [7, 11) is 0. The van der Waals surface area contributed by atoms with E-state index >= 15 is 0 Å². The molecule has 0 aliphatic carbocycles. The Morgan fingerprint density at radius 1 is 1.61 bits per heavy atom. The fourth-order valence-corrected chi connectivity index (χ4v) is 1.62. The topological polar surface area (TPSA) is 107 Å². The van der Waals surface area contributed by atoms with Gasteiger partial charge in [-0.25, -0.2) is 9.78 Å². The normalized spacial score (nSPS) is 19.4. The maximum Gasteiger partial charge on any atom is 0.337 e. The van der Waals surface area contributed by atoms with Crippen LogP contribution in [0.3, 0.4) is 0 Å². The number of rotatable bonds is 4. The summed E-state index contributed by atoms with van der Waals surface area (Å²) in [5.41, 5.74) is 5.69. The highest BCUT2D eigenvalue weighted by Crippen LogP contribution is 2.15. The van der Waals surface area contributed by atoms with Gasteiger partial charge in [0.15, 0.2) is 0 Å². The molecule has 1 saturated heterocycles. The van der Waals surface area contributed by atoms with Crippen molar-refractivity contribution < 1.29 is 19.4 Å². The average Bonchev–Trinajstić information content (AvgIpc) is 2.38. The van der Waals surface area contributed by atoms with Crippen molar-refractivity contribution in [2.75, 3.05) is 37.4 Å². The van der Waals surface area contributed by atoms with Gasteiger partial charge in [0, 0.05) is 6.54 Å². The van der Waals surface area contributed by atoms with Crippen LogP contribution in [0.4, 0.5) is 11.5 Å². The summed E-state index contributed by atoms with van der Waals surface area (Å²) in [6.45, 7) is 2.21. The third-order valence-electron chi connectivity index (χ3n) is 2.56. The highest BCUT2D eigenvalue weighted by molar-refractivity contribution is 5.94. The number of nitrogens with zero attached hydrogens (tertiary/aromatic N) is 1. The first-order chi connectivity index (χ1) is 8.66. The van der Waals surface area contributed by atoms with Crippen molar-refractivity contribution >= 4 is 17.5 Å². The second-order valence-corrected chi connectivity index (χ2v) is 3.91. The molecular weight excluding hydrogens is 238 g/mol. The third kappa shape index (κ3) is 3.08. The van der Waals surface area contributed by atoms with Crippen LogP contribution in [0, 0.1) is 0 Å². The minimum absolute atomic E-state index is 0.0355. The van der Waals surface area contributed by atoms with E-state index in [0.29, 0.717) is 32.2 Å². The first-order valence-electron chi connectivity index (χ1n) is 5.59. The highest BCUT2D eigenvalue weighted by atomic mass is 16.6. The Labute approximate surface area is 104 Å². The van der Waals surface area contributed by atoms with E-state index in [4.69, 9.17) is 20.3 Å². The SMILES string of the molecule is Nc1cnc(NCC2COCCO2)cc1C(=O)O. The van der Waals surface area contributed by atoms with Gasteiger partial charge < -0.3 is 25.6 Å². The van der Waals surface area contributed by atoms with Crippen molar-refractivity contribution in [1.29, 1.82) is 0 Å². The van der Waals surface area contributed by atoms with Crippen molar-refractivity contribution in [3.63, 3.8) is 0 Å². The van der Waals surface area contributed by atoms with Gasteiger partial charge in [-0.1, -0.05) is 0 Å². The molecule has 0 bridgehead atoms. The zero-order valence-corrected chi connectivity index (χ0v) is 9.76. The van der Waals surface area contributed by atoms with Crippen molar-refractivity contribution in [3.8, 4) is 0 Å². The van der Waals surface area contributed by atoms with Crippen LogP contribution in [0.2, 0.25) is 0 Å². The van der Waals surface area contributed by atoms with E-state index in [1.165, 1.54) is 12.3 Å². The number of pyridine rings is 1. The minimum atomic E-state index is -1.07. The summed E-state index contributed by atoms with van der Waals surface area (Å²) in [5, 5.41) is 11.9. The molecule has 0 radical (unpaired) electrons. The molecule has 7 heteroatoms. The van der Waals surface area contributed by atoms with E-state index in [2.05, 4.69) is 10.3 Å². The van der Waals surface area contributed by atoms with Crippen LogP contribution >= 0.6 is 0 Å². The lowest BCUT2D eigenvalue weighted by Gasteiger charge is -2.23. The van der Waals surface area contributed by atoms with Gasteiger partial charge in [-0.2, -0.15) is 0 Å². The molecule has 1 unspecified atom stereocenters. The number of hydrogen-bond donors (Lipinski definition) is 3. The fourth-order valence-electron chi connectivity index (χ4n) is 1.62. The van der Waals surface area contributed by atoms with Crippen molar-refractivity contribution in [3.05, 3.63) is 17.8 Å². The molecule has 2 heterocycles. The summed E-state index contributed by atoms with van der Waals surface area (Å²) >= 11 is 0. The lowest BCUT2D eigenvalue weighted by molar-refractivity contribution is -0.0819. The number of nitrogens with one attached hydrogen (secondary N) is 1. The molecule has 1 aromatic heterocycles. The summed E-state index contributed by atoms with van der Waals surface area (Å²) in [6, 6.07) is 1.40. The van der Waals surface area contributed by atoms with Crippen LogP contribution in [-0.4, -0.2) is 48.5 Å². The molecule has 1 aromatic rings. The molecule has 98 valence electrons. The Hall–Kier alpha value is -1.86. The lowest BCUT2D eigenvalue weighted by atomic mass is 10.2. The molecule has 0 amide bonds. The molecule has 1 aliphatic heterocycles. The minimum Gasteiger partial charge on any atom is -0.478 e. The second kappa shape index (κ2) is 5.65. The van der Waals surface area contributed by atoms with E-state index in [-0.39, 0.29) is 17.4 Å². The molecule has 0 saturated carbocycles. The number of carbonyl (C=O) groups is 1. The first-order valence-corrected chi connectivity index (χ1v) is 5.59. The van der Waals surface area contributed by atoms with E-state index in [0.717, 1.165) is 0 Å². The molecule has 7 nitrogen and oxygen atoms in total. The number of hydrogen-bond acceptors (Lipinski definition) is 6. The summed E-state index contributed by atoms with van der Waals surface area (Å²) < 4.78 is 10.7. The van der Waals surface area contributed by atoms with Gasteiger partial charge >= 0.3 is 5.97 Å². The zero-order chi connectivity index (χ0) is 13.0. The Morgan fingerprint density at radius 3 is 3.11 bits per heavy atom. The maximum absolute atomic E-state index is 10.9. The predicted molar refractivity (Wildman–Crippen MR) is 64.7 cm³/mol. The lowest BCUT2D eigenvalue weighted by Crippen LogP contribution is -2.34. The van der Waals surface area contributed by atoms with E-state index in [1.54, 1.807) is 0 Å². The molecule has 0 aromatic carbocycles. The summed E-state index contributed by atoms with van der Waals surface area (Å²) in [4.78, 5) is 14.9. The number of anilines is 2. The Balaban J connectivity index is 1.96. The number of aromatic nitrogens is 1.